The average Bonchev–Trinajstić information content (AvgIpc) is 2.69. The lowest BCUT2D eigenvalue weighted by Gasteiger charge is -2.08. The number of phenolic OH excluding ortho intramolecular Hbond substituents is 1. The Kier molecular flexibility index (Phi) is 2.75. The maximum absolute atomic E-state index is 13.9. The number of phenols is 1. The highest BCUT2D eigenvalue weighted by Gasteiger charge is 2.16. The standard InChI is InChI=1S/C13H8FN3O/c1-17-9(7-16)2-3-12(17)13-8(6-15)4-10(18)5-11(13)14/h2-5,18H,1H3. The van der Waals surface area contributed by atoms with E-state index in [1.165, 1.54) is 10.6 Å². The average molecular weight is 241 g/mol. The Hall–Kier alpha value is -2.79. The summed E-state index contributed by atoms with van der Waals surface area (Å²) < 4.78 is 15.4. The molecule has 0 atom stereocenters. The van der Waals surface area contributed by atoms with Gasteiger partial charge in [-0.1, -0.05) is 0 Å². The van der Waals surface area contributed by atoms with Crippen molar-refractivity contribution in [2.75, 3.05) is 0 Å². The van der Waals surface area contributed by atoms with E-state index < -0.39 is 5.82 Å². The number of hydrogen-bond acceptors (Lipinski definition) is 3. The number of aromatic hydroxyl groups is 1. The van der Waals surface area contributed by atoms with Gasteiger partial charge in [-0.3, -0.25) is 0 Å². The molecule has 1 aromatic heterocycles. The minimum Gasteiger partial charge on any atom is -0.508 e. The molecule has 0 spiro atoms. The maximum atomic E-state index is 13.9. The molecule has 0 fully saturated rings. The molecule has 0 radical (unpaired) electrons. The van der Waals surface area contributed by atoms with Gasteiger partial charge in [0.1, 0.15) is 29.4 Å². The number of aromatic nitrogens is 1. The normalized spacial score (nSPS) is 9.78. The summed E-state index contributed by atoms with van der Waals surface area (Å²) in [4.78, 5) is 0. The van der Waals surface area contributed by atoms with Gasteiger partial charge in [-0.25, -0.2) is 4.39 Å². The van der Waals surface area contributed by atoms with Crippen LogP contribution >= 0.6 is 0 Å². The predicted octanol–water partition coefficient (Wildman–Crippen LogP) is 2.28. The Morgan fingerprint density at radius 1 is 1.22 bits per heavy atom. The van der Waals surface area contributed by atoms with Crippen LogP contribution in [0.1, 0.15) is 11.3 Å². The van der Waals surface area contributed by atoms with Gasteiger partial charge in [0.2, 0.25) is 0 Å². The number of halogens is 1. The molecule has 0 amide bonds. The second-order valence-electron chi connectivity index (χ2n) is 3.74. The maximum Gasteiger partial charge on any atom is 0.137 e. The van der Waals surface area contributed by atoms with Gasteiger partial charge in [-0.15, -0.1) is 0 Å². The van der Waals surface area contributed by atoms with E-state index in [2.05, 4.69) is 0 Å². The number of hydrogen-bond donors (Lipinski definition) is 1. The molecule has 1 N–H and O–H groups in total. The molecule has 88 valence electrons. The third kappa shape index (κ3) is 1.68. The van der Waals surface area contributed by atoms with Gasteiger partial charge in [0.05, 0.1) is 16.8 Å². The summed E-state index contributed by atoms with van der Waals surface area (Å²) in [6.07, 6.45) is 0. The summed E-state index contributed by atoms with van der Waals surface area (Å²) in [6, 6.07) is 9.04. The van der Waals surface area contributed by atoms with Crippen LogP contribution in [0.15, 0.2) is 24.3 Å². The van der Waals surface area contributed by atoms with Crippen molar-refractivity contribution in [3.05, 3.63) is 41.3 Å². The molecule has 2 aromatic rings. The molecule has 0 unspecified atom stereocenters. The first-order chi connectivity index (χ1) is 8.58. The zero-order valence-electron chi connectivity index (χ0n) is 9.48. The van der Waals surface area contributed by atoms with E-state index in [1.54, 1.807) is 19.2 Å². The summed E-state index contributed by atoms with van der Waals surface area (Å²) in [5.74, 6) is -1.00. The van der Waals surface area contributed by atoms with Gasteiger partial charge in [-0.05, 0) is 18.2 Å². The number of nitrogens with zero attached hydrogens (tertiary/aromatic N) is 3. The van der Waals surface area contributed by atoms with E-state index in [1.807, 2.05) is 12.1 Å². The number of rotatable bonds is 1. The molecule has 1 heterocycles. The molecule has 0 saturated carbocycles. The van der Waals surface area contributed by atoms with E-state index in [-0.39, 0.29) is 16.9 Å². The van der Waals surface area contributed by atoms with Crippen LogP contribution in [0.4, 0.5) is 4.39 Å². The molecule has 2 rings (SSSR count). The molecule has 0 aliphatic heterocycles. The van der Waals surface area contributed by atoms with E-state index in [9.17, 15) is 9.50 Å². The van der Waals surface area contributed by atoms with Crippen molar-refractivity contribution in [2.24, 2.45) is 7.05 Å². The summed E-state index contributed by atoms with van der Waals surface area (Å²) in [5, 5.41) is 27.1. The zero-order chi connectivity index (χ0) is 13.3. The molecule has 18 heavy (non-hydrogen) atoms. The van der Waals surface area contributed by atoms with Crippen LogP contribution in [-0.2, 0) is 7.05 Å². The summed E-state index contributed by atoms with van der Waals surface area (Å²) in [6.45, 7) is 0. The van der Waals surface area contributed by atoms with Crippen molar-refractivity contribution in [3.8, 4) is 29.1 Å². The van der Waals surface area contributed by atoms with Crippen LogP contribution in [0.5, 0.6) is 5.75 Å². The van der Waals surface area contributed by atoms with E-state index >= 15 is 0 Å². The van der Waals surface area contributed by atoms with Gasteiger partial charge in [0.25, 0.3) is 0 Å². The van der Waals surface area contributed by atoms with Crippen molar-refractivity contribution < 1.29 is 9.50 Å². The third-order valence-electron chi connectivity index (χ3n) is 2.69. The summed E-state index contributed by atoms with van der Waals surface area (Å²) in [5.41, 5.74) is 0.888. The number of nitriles is 2. The van der Waals surface area contributed by atoms with Crippen LogP contribution in [-0.4, -0.2) is 9.67 Å². The highest BCUT2D eigenvalue weighted by molar-refractivity contribution is 5.71. The van der Waals surface area contributed by atoms with Gasteiger partial charge < -0.3 is 9.67 Å². The SMILES string of the molecule is Cn1c(C#N)ccc1-c1c(F)cc(O)cc1C#N. The van der Waals surface area contributed by atoms with Crippen LogP contribution in [0.3, 0.4) is 0 Å². The third-order valence-corrected chi connectivity index (χ3v) is 2.69. The van der Waals surface area contributed by atoms with Crippen LogP contribution in [0, 0.1) is 28.5 Å². The molecule has 5 heteroatoms. The molecule has 0 aliphatic rings. The first-order valence-corrected chi connectivity index (χ1v) is 5.07. The molecule has 1 aromatic carbocycles. The highest BCUT2D eigenvalue weighted by Crippen LogP contribution is 2.30. The van der Waals surface area contributed by atoms with Gasteiger partial charge >= 0.3 is 0 Å². The minimum absolute atomic E-state index is 0.0261. The Balaban J connectivity index is 2.76. The lowest BCUT2D eigenvalue weighted by molar-refractivity contribution is 0.469. The monoisotopic (exact) mass is 241 g/mol. The Morgan fingerprint density at radius 3 is 2.50 bits per heavy atom. The molecule has 4 nitrogen and oxygen atoms in total. The zero-order valence-corrected chi connectivity index (χ0v) is 9.48. The van der Waals surface area contributed by atoms with E-state index in [4.69, 9.17) is 10.5 Å². The Bertz CT molecular complexity index is 704. The molecular weight excluding hydrogens is 233 g/mol. The van der Waals surface area contributed by atoms with Crippen molar-refractivity contribution in [1.82, 2.24) is 4.57 Å². The largest absolute Gasteiger partial charge is 0.508 e. The first kappa shape index (κ1) is 11.7. The van der Waals surface area contributed by atoms with E-state index in [0.717, 1.165) is 6.07 Å². The minimum atomic E-state index is -0.697. The van der Waals surface area contributed by atoms with Crippen LogP contribution in [0.2, 0.25) is 0 Å². The van der Waals surface area contributed by atoms with Gasteiger partial charge in [0.15, 0.2) is 0 Å². The summed E-state index contributed by atoms with van der Waals surface area (Å²) >= 11 is 0. The van der Waals surface area contributed by atoms with Crippen molar-refractivity contribution in [3.63, 3.8) is 0 Å². The van der Waals surface area contributed by atoms with Crippen LogP contribution < -0.4 is 0 Å². The second kappa shape index (κ2) is 4.23. The van der Waals surface area contributed by atoms with E-state index in [0.29, 0.717) is 11.4 Å². The fourth-order valence-corrected chi connectivity index (χ4v) is 1.82. The van der Waals surface area contributed by atoms with Crippen molar-refractivity contribution in [1.29, 1.82) is 10.5 Å². The summed E-state index contributed by atoms with van der Waals surface area (Å²) in [7, 11) is 1.61. The second-order valence-corrected chi connectivity index (χ2v) is 3.74. The fourth-order valence-electron chi connectivity index (χ4n) is 1.82. The molecule has 0 aliphatic carbocycles. The molecule has 0 bridgehead atoms. The smallest absolute Gasteiger partial charge is 0.137 e. The van der Waals surface area contributed by atoms with Crippen LogP contribution in [0.25, 0.3) is 11.3 Å². The van der Waals surface area contributed by atoms with Crippen molar-refractivity contribution >= 4 is 0 Å². The quantitative estimate of drug-likeness (QED) is 0.832. The van der Waals surface area contributed by atoms with Crippen molar-refractivity contribution in [2.45, 2.75) is 0 Å². The molecule has 0 saturated heterocycles. The van der Waals surface area contributed by atoms with Gasteiger partial charge in [-0.2, -0.15) is 10.5 Å². The Morgan fingerprint density at radius 2 is 1.94 bits per heavy atom. The van der Waals surface area contributed by atoms with Gasteiger partial charge in [0, 0.05) is 13.1 Å². The fraction of sp³-hybridized carbons (Fsp3) is 0.0769. The molecular formula is C13H8FN3O. The first-order valence-electron chi connectivity index (χ1n) is 5.07. The predicted molar refractivity (Wildman–Crippen MR) is 61.9 cm³/mol. The lowest BCUT2D eigenvalue weighted by Crippen LogP contribution is -1.98. The lowest BCUT2D eigenvalue weighted by atomic mass is 10.0. The Labute approximate surface area is 103 Å². The number of benzene rings is 1. The highest BCUT2D eigenvalue weighted by atomic mass is 19.1. The topological polar surface area (TPSA) is 72.7 Å².